The number of pyridine rings is 1. The molecule has 1 heterocycles. The van der Waals surface area contributed by atoms with Crippen molar-refractivity contribution < 1.29 is 0 Å². The minimum absolute atomic E-state index is 0.0506. The van der Waals surface area contributed by atoms with Crippen LogP contribution >= 0.6 is 0 Å². The molecule has 1 rings (SSSR count). The van der Waals surface area contributed by atoms with Crippen molar-refractivity contribution in [2.75, 3.05) is 12.4 Å². The molecule has 21 heavy (non-hydrogen) atoms. The molecule has 1 aromatic rings. The van der Waals surface area contributed by atoms with Crippen LogP contribution in [0.5, 0.6) is 0 Å². The molecule has 0 radical (unpaired) electrons. The average Bonchev–Trinajstić information content (AvgIpc) is 2.32. The maximum atomic E-state index is 4.45. The summed E-state index contributed by atoms with van der Waals surface area (Å²) >= 11 is 0. The van der Waals surface area contributed by atoms with Crippen LogP contribution in [0.25, 0.3) is 0 Å². The number of rotatable bonds is 5. The van der Waals surface area contributed by atoms with Crippen molar-refractivity contribution in [2.45, 2.75) is 59.9 Å². The van der Waals surface area contributed by atoms with Gasteiger partial charge in [0, 0.05) is 31.0 Å². The predicted molar refractivity (Wildman–Crippen MR) is 92.5 cm³/mol. The van der Waals surface area contributed by atoms with E-state index in [0.29, 0.717) is 0 Å². The van der Waals surface area contributed by atoms with E-state index in [-0.39, 0.29) is 10.8 Å². The normalized spacial score (nSPS) is 12.1. The van der Waals surface area contributed by atoms with Crippen molar-refractivity contribution in [1.29, 1.82) is 0 Å². The van der Waals surface area contributed by atoms with Gasteiger partial charge in [-0.25, -0.2) is 4.98 Å². The van der Waals surface area contributed by atoms with Crippen molar-refractivity contribution in [3.8, 4) is 0 Å². The summed E-state index contributed by atoms with van der Waals surface area (Å²) in [5.74, 6) is 0.961. The summed E-state index contributed by atoms with van der Waals surface area (Å²) in [5, 5.41) is 6.68. The number of aromatic nitrogens is 1. The Morgan fingerprint density at radius 2 is 1.81 bits per heavy atom. The fourth-order valence-corrected chi connectivity index (χ4v) is 2.60. The first-order valence-corrected chi connectivity index (χ1v) is 7.62. The zero-order valence-corrected chi connectivity index (χ0v) is 14.7. The Morgan fingerprint density at radius 1 is 1.19 bits per heavy atom. The highest BCUT2D eigenvalue weighted by molar-refractivity contribution is 5.51. The maximum Gasteiger partial charge on any atom is 0.129 e. The summed E-state index contributed by atoms with van der Waals surface area (Å²) in [6.07, 6.45) is 2.84. The van der Waals surface area contributed by atoms with Crippen molar-refractivity contribution in [1.82, 2.24) is 10.3 Å². The summed E-state index contributed by atoms with van der Waals surface area (Å²) in [6, 6.07) is 2.10. The summed E-state index contributed by atoms with van der Waals surface area (Å²) < 4.78 is 0. The lowest BCUT2D eigenvalue weighted by atomic mass is 9.84. The van der Waals surface area contributed by atoms with E-state index in [2.05, 4.69) is 69.8 Å². The van der Waals surface area contributed by atoms with Gasteiger partial charge in [0.2, 0.25) is 0 Å². The molecule has 0 aliphatic carbocycles. The monoisotopic (exact) mass is 289 g/mol. The SMILES string of the molecule is C=C(CC(C)(C)C)NCc1ccnc(NC)c1C(C)(C)C. The average molecular weight is 289 g/mol. The van der Waals surface area contributed by atoms with Gasteiger partial charge in [-0.15, -0.1) is 0 Å². The van der Waals surface area contributed by atoms with Gasteiger partial charge >= 0.3 is 0 Å². The van der Waals surface area contributed by atoms with E-state index < -0.39 is 0 Å². The fraction of sp³-hybridized carbons (Fsp3) is 0.611. The molecule has 0 saturated carbocycles. The van der Waals surface area contributed by atoms with E-state index in [4.69, 9.17) is 0 Å². The highest BCUT2D eigenvalue weighted by Crippen LogP contribution is 2.31. The number of hydrogen-bond acceptors (Lipinski definition) is 3. The summed E-state index contributed by atoms with van der Waals surface area (Å²) in [6.45, 7) is 18.3. The van der Waals surface area contributed by atoms with Gasteiger partial charge in [-0.2, -0.15) is 0 Å². The predicted octanol–water partition coefficient (Wildman–Crippen LogP) is 4.46. The van der Waals surface area contributed by atoms with Gasteiger partial charge in [0.15, 0.2) is 0 Å². The van der Waals surface area contributed by atoms with Gasteiger partial charge in [-0.3, -0.25) is 0 Å². The molecule has 2 N–H and O–H groups in total. The lowest BCUT2D eigenvalue weighted by Gasteiger charge is -2.26. The van der Waals surface area contributed by atoms with Crippen LogP contribution in [0.4, 0.5) is 5.82 Å². The molecular formula is C18H31N3. The molecule has 0 spiro atoms. The fourth-order valence-electron chi connectivity index (χ4n) is 2.60. The first kappa shape index (κ1) is 17.5. The smallest absolute Gasteiger partial charge is 0.129 e. The number of hydrogen-bond donors (Lipinski definition) is 2. The van der Waals surface area contributed by atoms with Crippen LogP contribution in [-0.2, 0) is 12.0 Å². The molecule has 0 atom stereocenters. The van der Waals surface area contributed by atoms with Gasteiger partial charge in [0.1, 0.15) is 5.82 Å². The van der Waals surface area contributed by atoms with Gasteiger partial charge in [-0.1, -0.05) is 48.1 Å². The van der Waals surface area contributed by atoms with Crippen molar-refractivity contribution in [2.24, 2.45) is 5.41 Å². The first-order valence-electron chi connectivity index (χ1n) is 7.62. The van der Waals surface area contributed by atoms with E-state index >= 15 is 0 Å². The zero-order valence-electron chi connectivity index (χ0n) is 14.7. The Kier molecular flexibility index (Phi) is 5.43. The van der Waals surface area contributed by atoms with E-state index in [1.165, 1.54) is 11.1 Å². The highest BCUT2D eigenvalue weighted by atomic mass is 15.0. The minimum atomic E-state index is 0.0506. The van der Waals surface area contributed by atoms with E-state index in [1.54, 1.807) is 0 Å². The third-order valence-electron chi connectivity index (χ3n) is 3.30. The third kappa shape index (κ3) is 5.41. The Labute approximate surface area is 130 Å². The van der Waals surface area contributed by atoms with E-state index in [1.807, 2.05) is 13.2 Å². The highest BCUT2D eigenvalue weighted by Gasteiger charge is 2.22. The number of nitrogens with zero attached hydrogens (tertiary/aromatic N) is 1. The molecule has 0 fully saturated rings. The Balaban J connectivity index is 2.92. The van der Waals surface area contributed by atoms with Crippen LogP contribution in [0.2, 0.25) is 0 Å². The first-order chi connectivity index (χ1) is 9.54. The topological polar surface area (TPSA) is 37.0 Å². The van der Waals surface area contributed by atoms with Crippen LogP contribution < -0.4 is 10.6 Å². The zero-order chi connectivity index (χ0) is 16.3. The van der Waals surface area contributed by atoms with Crippen molar-refractivity contribution in [3.63, 3.8) is 0 Å². The van der Waals surface area contributed by atoms with Crippen LogP contribution in [0.15, 0.2) is 24.5 Å². The molecule has 0 aliphatic rings. The number of nitrogens with one attached hydrogen (secondary N) is 2. The van der Waals surface area contributed by atoms with Crippen LogP contribution in [0, 0.1) is 5.41 Å². The molecule has 0 unspecified atom stereocenters. The van der Waals surface area contributed by atoms with Gasteiger partial charge in [0.25, 0.3) is 0 Å². The second-order valence-electron chi connectivity index (χ2n) is 7.89. The van der Waals surface area contributed by atoms with Gasteiger partial charge < -0.3 is 10.6 Å². The summed E-state index contributed by atoms with van der Waals surface area (Å²) in [7, 11) is 1.92. The van der Waals surface area contributed by atoms with E-state index in [0.717, 1.165) is 24.5 Å². The lowest BCUT2D eigenvalue weighted by Crippen LogP contribution is -2.22. The van der Waals surface area contributed by atoms with Gasteiger partial charge in [0.05, 0.1) is 0 Å². The largest absolute Gasteiger partial charge is 0.385 e. The quantitative estimate of drug-likeness (QED) is 0.840. The molecule has 0 saturated heterocycles. The Bertz CT molecular complexity index is 490. The molecule has 3 heteroatoms. The van der Waals surface area contributed by atoms with Crippen molar-refractivity contribution in [3.05, 3.63) is 35.7 Å². The van der Waals surface area contributed by atoms with E-state index in [9.17, 15) is 0 Å². The molecule has 0 amide bonds. The Hall–Kier alpha value is -1.51. The maximum absolute atomic E-state index is 4.45. The number of allylic oxidation sites excluding steroid dienone is 1. The summed E-state index contributed by atoms with van der Waals surface area (Å²) in [5.41, 5.74) is 3.94. The van der Waals surface area contributed by atoms with Crippen LogP contribution in [0.3, 0.4) is 0 Å². The van der Waals surface area contributed by atoms with Gasteiger partial charge in [-0.05, 0) is 28.9 Å². The molecule has 0 aliphatic heterocycles. The lowest BCUT2D eigenvalue weighted by molar-refractivity contribution is 0.398. The van der Waals surface area contributed by atoms with Crippen LogP contribution in [0.1, 0.15) is 59.1 Å². The number of anilines is 1. The molecule has 3 nitrogen and oxygen atoms in total. The molecule has 0 aromatic carbocycles. The molecule has 118 valence electrons. The molecule has 0 bridgehead atoms. The van der Waals surface area contributed by atoms with Crippen LogP contribution in [-0.4, -0.2) is 12.0 Å². The summed E-state index contributed by atoms with van der Waals surface area (Å²) in [4.78, 5) is 4.45. The second-order valence-corrected chi connectivity index (χ2v) is 7.89. The van der Waals surface area contributed by atoms with Crippen molar-refractivity contribution >= 4 is 5.82 Å². The standard InChI is InChI=1S/C18H31N3/c1-13(11-17(2,3)4)21-12-14-9-10-20-16(19-8)15(14)18(5,6)7/h9-10,21H,1,11-12H2,2-8H3,(H,19,20). The molecular weight excluding hydrogens is 258 g/mol. The second kappa shape index (κ2) is 6.50. The minimum Gasteiger partial charge on any atom is -0.385 e. The molecule has 1 aromatic heterocycles. The Morgan fingerprint density at radius 3 is 2.29 bits per heavy atom. The third-order valence-corrected chi connectivity index (χ3v) is 3.30.